The lowest BCUT2D eigenvalue weighted by molar-refractivity contribution is -0.115. The van der Waals surface area contributed by atoms with Gasteiger partial charge in [-0.25, -0.2) is 4.39 Å². The van der Waals surface area contributed by atoms with E-state index in [1.54, 1.807) is 24.3 Å². The van der Waals surface area contributed by atoms with Crippen molar-refractivity contribution in [1.82, 2.24) is 10.2 Å². The molecular formula is C15H12FN3O3S. The number of halogens is 1. The molecule has 2 aromatic heterocycles. The van der Waals surface area contributed by atoms with E-state index in [1.165, 1.54) is 30.2 Å². The molecule has 0 unspecified atom stereocenters. The second-order valence-electron chi connectivity index (χ2n) is 4.49. The van der Waals surface area contributed by atoms with Gasteiger partial charge in [0.25, 0.3) is 5.89 Å². The zero-order valence-electron chi connectivity index (χ0n) is 11.9. The number of nitrogens with zero attached hydrogens (tertiary/aromatic N) is 2. The number of rotatable bonds is 6. The number of carbonyl (C=O) groups excluding carboxylic acids is 1. The number of hydrogen-bond acceptors (Lipinski definition) is 6. The molecule has 1 aromatic carbocycles. The summed E-state index contributed by atoms with van der Waals surface area (Å²) in [5, 5.41) is 10.0. The Morgan fingerprint density at radius 2 is 2.04 bits per heavy atom. The molecule has 0 spiro atoms. The Bertz CT molecular complexity index is 772. The van der Waals surface area contributed by atoms with Crippen molar-refractivity contribution in [3.8, 4) is 11.7 Å². The number of carbonyl (C=O) groups is 1. The summed E-state index contributed by atoms with van der Waals surface area (Å²) < 4.78 is 23.2. The van der Waals surface area contributed by atoms with Gasteiger partial charge in [0.2, 0.25) is 5.91 Å². The van der Waals surface area contributed by atoms with Gasteiger partial charge in [-0.05, 0) is 36.4 Å². The van der Waals surface area contributed by atoms with Crippen LogP contribution in [0.2, 0.25) is 0 Å². The molecule has 0 aliphatic heterocycles. The Labute approximate surface area is 135 Å². The lowest BCUT2D eigenvalue weighted by Crippen LogP contribution is -2.12. The quantitative estimate of drug-likeness (QED) is 0.694. The van der Waals surface area contributed by atoms with Gasteiger partial charge in [-0.1, -0.05) is 5.10 Å². The molecule has 0 saturated heterocycles. The fourth-order valence-electron chi connectivity index (χ4n) is 1.75. The van der Waals surface area contributed by atoms with Crippen molar-refractivity contribution in [2.45, 2.75) is 11.3 Å². The predicted octanol–water partition coefficient (Wildman–Crippen LogP) is 3.59. The van der Waals surface area contributed by atoms with Crippen LogP contribution in [0.5, 0.6) is 0 Å². The molecule has 0 atom stereocenters. The lowest BCUT2D eigenvalue weighted by Gasteiger charge is -2.01. The summed E-state index contributed by atoms with van der Waals surface area (Å²) in [6.07, 6.45) is 1.75. The van der Waals surface area contributed by atoms with Crippen LogP contribution in [0.25, 0.3) is 11.7 Å². The van der Waals surface area contributed by atoms with E-state index in [2.05, 4.69) is 15.5 Å². The largest absolute Gasteiger partial charge is 0.459 e. The van der Waals surface area contributed by atoms with Crippen LogP contribution in [0.4, 0.5) is 10.4 Å². The molecule has 0 radical (unpaired) electrons. The van der Waals surface area contributed by atoms with Crippen molar-refractivity contribution < 1.29 is 18.0 Å². The minimum atomic E-state index is -0.282. The van der Waals surface area contributed by atoms with Gasteiger partial charge in [-0.2, -0.15) is 0 Å². The van der Waals surface area contributed by atoms with Crippen molar-refractivity contribution in [3.63, 3.8) is 0 Å². The van der Waals surface area contributed by atoms with Crippen LogP contribution < -0.4 is 5.32 Å². The van der Waals surface area contributed by atoms with Crippen molar-refractivity contribution in [1.29, 1.82) is 0 Å². The van der Waals surface area contributed by atoms with E-state index >= 15 is 0 Å². The maximum Gasteiger partial charge on any atom is 0.322 e. The number of thioether (sulfide) groups is 1. The molecule has 23 heavy (non-hydrogen) atoms. The van der Waals surface area contributed by atoms with Gasteiger partial charge in [0.1, 0.15) is 5.82 Å². The number of benzene rings is 1. The first-order chi connectivity index (χ1) is 11.2. The van der Waals surface area contributed by atoms with Gasteiger partial charge in [-0.3, -0.25) is 10.1 Å². The van der Waals surface area contributed by atoms with Gasteiger partial charge in [-0.15, -0.1) is 16.9 Å². The molecule has 3 aromatic rings. The zero-order chi connectivity index (χ0) is 16.1. The second-order valence-corrected chi connectivity index (χ2v) is 5.66. The summed E-state index contributed by atoms with van der Waals surface area (Å²) in [5.41, 5.74) is 0. The molecule has 118 valence electrons. The summed E-state index contributed by atoms with van der Waals surface area (Å²) in [7, 11) is 0. The van der Waals surface area contributed by atoms with E-state index in [1.807, 2.05) is 0 Å². The predicted molar refractivity (Wildman–Crippen MR) is 82.4 cm³/mol. The van der Waals surface area contributed by atoms with Gasteiger partial charge in [0.15, 0.2) is 5.76 Å². The van der Waals surface area contributed by atoms with Crippen LogP contribution >= 0.6 is 11.8 Å². The van der Waals surface area contributed by atoms with E-state index in [9.17, 15) is 9.18 Å². The zero-order valence-corrected chi connectivity index (χ0v) is 12.7. The molecule has 0 bridgehead atoms. The summed E-state index contributed by atoms with van der Waals surface area (Å²) in [6, 6.07) is 9.52. The third kappa shape index (κ3) is 4.19. The molecule has 8 heteroatoms. The number of anilines is 1. The summed E-state index contributed by atoms with van der Waals surface area (Å²) in [4.78, 5) is 12.7. The molecule has 6 nitrogen and oxygen atoms in total. The Balaban J connectivity index is 1.47. The average molecular weight is 333 g/mol. The SMILES string of the molecule is O=C(CCSc1ccc(F)cc1)Nc1nnc(-c2ccco2)o1. The molecule has 2 heterocycles. The Morgan fingerprint density at radius 1 is 1.22 bits per heavy atom. The van der Waals surface area contributed by atoms with Crippen molar-refractivity contribution in [3.05, 3.63) is 48.5 Å². The average Bonchev–Trinajstić information content (AvgIpc) is 3.20. The van der Waals surface area contributed by atoms with Crippen LogP contribution in [-0.2, 0) is 4.79 Å². The van der Waals surface area contributed by atoms with E-state index in [4.69, 9.17) is 8.83 Å². The minimum absolute atomic E-state index is 0.0215. The normalized spacial score (nSPS) is 10.7. The van der Waals surface area contributed by atoms with E-state index in [0.717, 1.165) is 4.90 Å². The first-order valence-corrected chi connectivity index (χ1v) is 7.75. The monoisotopic (exact) mass is 333 g/mol. The fourth-order valence-corrected chi connectivity index (χ4v) is 2.60. The maximum absolute atomic E-state index is 12.8. The highest BCUT2D eigenvalue weighted by molar-refractivity contribution is 7.99. The molecule has 0 aliphatic rings. The highest BCUT2D eigenvalue weighted by Gasteiger charge is 2.12. The molecule has 1 amide bonds. The smallest absolute Gasteiger partial charge is 0.322 e. The van der Waals surface area contributed by atoms with Gasteiger partial charge in [0.05, 0.1) is 6.26 Å². The highest BCUT2D eigenvalue weighted by atomic mass is 32.2. The number of hydrogen-bond donors (Lipinski definition) is 1. The number of furan rings is 1. The lowest BCUT2D eigenvalue weighted by atomic mass is 10.4. The van der Waals surface area contributed by atoms with E-state index in [-0.39, 0.29) is 30.1 Å². The second kappa shape index (κ2) is 7.10. The van der Waals surface area contributed by atoms with Gasteiger partial charge >= 0.3 is 6.01 Å². The number of nitrogens with one attached hydrogen (secondary N) is 1. The fraction of sp³-hybridized carbons (Fsp3) is 0.133. The molecular weight excluding hydrogens is 321 g/mol. The first-order valence-electron chi connectivity index (χ1n) is 6.76. The standard InChI is InChI=1S/C15H12FN3O3S/c16-10-3-5-11(6-4-10)23-9-7-13(20)17-15-19-18-14(22-15)12-2-1-8-21-12/h1-6,8H,7,9H2,(H,17,19,20). The van der Waals surface area contributed by atoms with Crippen LogP contribution in [0.3, 0.4) is 0 Å². The van der Waals surface area contributed by atoms with E-state index in [0.29, 0.717) is 11.5 Å². The molecule has 0 fully saturated rings. The molecule has 0 aliphatic carbocycles. The third-order valence-electron chi connectivity index (χ3n) is 2.81. The topological polar surface area (TPSA) is 81.2 Å². The highest BCUT2D eigenvalue weighted by Crippen LogP contribution is 2.21. The summed E-state index contributed by atoms with van der Waals surface area (Å²) in [5.74, 6) is 0.664. The Kier molecular flexibility index (Phi) is 4.72. The maximum atomic E-state index is 12.8. The summed E-state index contributed by atoms with van der Waals surface area (Å²) in [6.45, 7) is 0. The van der Waals surface area contributed by atoms with Crippen LogP contribution in [0, 0.1) is 5.82 Å². The molecule has 0 saturated carbocycles. The van der Waals surface area contributed by atoms with Crippen molar-refractivity contribution >= 4 is 23.7 Å². The molecule has 3 rings (SSSR count). The number of amides is 1. The van der Waals surface area contributed by atoms with Crippen LogP contribution in [0.15, 0.2) is 56.4 Å². The minimum Gasteiger partial charge on any atom is -0.459 e. The van der Waals surface area contributed by atoms with Crippen molar-refractivity contribution in [2.24, 2.45) is 0 Å². The molecule has 1 N–H and O–H groups in total. The first kappa shape index (κ1) is 15.3. The Hall–Kier alpha value is -2.61. The van der Waals surface area contributed by atoms with Gasteiger partial charge in [0, 0.05) is 17.1 Å². The van der Waals surface area contributed by atoms with Gasteiger partial charge < -0.3 is 8.83 Å². The van der Waals surface area contributed by atoms with Crippen molar-refractivity contribution in [2.75, 3.05) is 11.1 Å². The van der Waals surface area contributed by atoms with Crippen LogP contribution in [-0.4, -0.2) is 21.9 Å². The third-order valence-corrected chi connectivity index (χ3v) is 3.83. The Morgan fingerprint density at radius 3 is 2.78 bits per heavy atom. The van der Waals surface area contributed by atoms with Crippen LogP contribution in [0.1, 0.15) is 6.42 Å². The number of aromatic nitrogens is 2. The van der Waals surface area contributed by atoms with E-state index < -0.39 is 0 Å². The summed E-state index contributed by atoms with van der Waals surface area (Å²) >= 11 is 1.46.